The van der Waals surface area contributed by atoms with Crippen LogP contribution in [-0.4, -0.2) is 10.9 Å². The molecule has 0 atom stereocenters. The number of amides is 1. The number of H-pyrrole nitrogens is 1. The monoisotopic (exact) mass is 174 g/mol. The molecule has 1 aliphatic carbocycles. The quantitative estimate of drug-likeness (QED) is 0.661. The van der Waals surface area contributed by atoms with Crippen molar-refractivity contribution in [3.05, 3.63) is 41.2 Å². The van der Waals surface area contributed by atoms with Crippen molar-refractivity contribution in [2.45, 2.75) is 6.42 Å². The maximum Gasteiger partial charge on any atom is 0.265 e. The summed E-state index contributed by atoms with van der Waals surface area (Å²) in [5.41, 5.74) is 7.71. The molecule has 0 saturated heterocycles. The lowest BCUT2D eigenvalue weighted by Gasteiger charge is -1.91. The van der Waals surface area contributed by atoms with E-state index in [-0.39, 0.29) is 0 Å². The van der Waals surface area contributed by atoms with Crippen LogP contribution < -0.4 is 5.73 Å². The summed E-state index contributed by atoms with van der Waals surface area (Å²) in [5.74, 6) is -0.412. The molecule has 66 valence electrons. The molecule has 1 aromatic rings. The number of carbonyl (C=O) groups excluding carboxylic acids is 1. The average Bonchev–Trinajstić information content (AvgIpc) is 2.38. The Morgan fingerprint density at radius 1 is 1.46 bits per heavy atom. The number of fused-ring (bicyclic) bond motifs is 1. The minimum atomic E-state index is -0.412. The maximum absolute atomic E-state index is 10.9. The Labute approximate surface area is 75.9 Å². The molecule has 2 rings (SSSR count). The smallest absolute Gasteiger partial charge is 0.265 e. The molecule has 0 saturated carbocycles. The zero-order chi connectivity index (χ0) is 9.26. The number of nitrogens with one attached hydrogen (secondary N) is 1. The van der Waals surface area contributed by atoms with E-state index >= 15 is 0 Å². The molecular weight excluding hydrogens is 164 g/mol. The van der Waals surface area contributed by atoms with Gasteiger partial charge in [0.25, 0.3) is 5.91 Å². The molecule has 3 nitrogen and oxygen atoms in total. The second-order valence-electron chi connectivity index (χ2n) is 2.97. The zero-order valence-electron chi connectivity index (χ0n) is 7.08. The highest BCUT2D eigenvalue weighted by atomic mass is 16.1. The van der Waals surface area contributed by atoms with Gasteiger partial charge >= 0.3 is 0 Å². The standard InChI is InChI=1S/C10H10N2O/c11-10(13)9-6-7-4-2-1-3-5-8(7)12-9/h1-4,6,12H,5H2,(H2,11,13). The number of aromatic nitrogens is 1. The van der Waals surface area contributed by atoms with Crippen molar-refractivity contribution in [3.8, 4) is 0 Å². The van der Waals surface area contributed by atoms with Crippen LogP contribution in [0.1, 0.15) is 21.7 Å². The van der Waals surface area contributed by atoms with Gasteiger partial charge in [-0.25, -0.2) is 0 Å². The SMILES string of the molecule is NC(=O)c1cc2c([nH]1)CC=CC=C2. The van der Waals surface area contributed by atoms with Gasteiger partial charge in [0.2, 0.25) is 0 Å². The van der Waals surface area contributed by atoms with E-state index in [0.29, 0.717) is 5.69 Å². The minimum Gasteiger partial charge on any atom is -0.364 e. The molecular formula is C10H10N2O. The van der Waals surface area contributed by atoms with E-state index in [2.05, 4.69) is 4.98 Å². The molecule has 3 heteroatoms. The number of primary amides is 1. The van der Waals surface area contributed by atoms with Crippen LogP contribution in [0, 0.1) is 0 Å². The van der Waals surface area contributed by atoms with E-state index in [9.17, 15) is 4.79 Å². The molecule has 1 aliphatic rings. The second-order valence-corrected chi connectivity index (χ2v) is 2.97. The van der Waals surface area contributed by atoms with E-state index < -0.39 is 5.91 Å². The maximum atomic E-state index is 10.9. The van der Waals surface area contributed by atoms with E-state index in [1.54, 1.807) is 6.07 Å². The normalized spacial score (nSPS) is 13.8. The number of aromatic amines is 1. The first-order chi connectivity index (χ1) is 6.27. The highest BCUT2D eigenvalue weighted by molar-refractivity contribution is 5.92. The highest BCUT2D eigenvalue weighted by Crippen LogP contribution is 2.16. The highest BCUT2D eigenvalue weighted by Gasteiger charge is 2.08. The first-order valence-corrected chi connectivity index (χ1v) is 4.12. The van der Waals surface area contributed by atoms with E-state index in [1.165, 1.54) is 0 Å². The Morgan fingerprint density at radius 2 is 2.31 bits per heavy atom. The van der Waals surface area contributed by atoms with E-state index in [0.717, 1.165) is 17.7 Å². The number of allylic oxidation sites excluding steroid dienone is 3. The fourth-order valence-electron chi connectivity index (χ4n) is 1.39. The summed E-state index contributed by atoms with van der Waals surface area (Å²) < 4.78 is 0. The van der Waals surface area contributed by atoms with Crippen LogP contribution in [0.3, 0.4) is 0 Å². The minimum absolute atomic E-state index is 0.412. The number of rotatable bonds is 1. The molecule has 0 fully saturated rings. The average molecular weight is 174 g/mol. The van der Waals surface area contributed by atoms with Gasteiger partial charge in [-0.05, 0) is 11.6 Å². The lowest BCUT2D eigenvalue weighted by Crippen LogP contribution is -2.11. The number of hydrogen-bond acceptors (Lipinski definition) is 1. The third kappa shape index (κ3) is 1.40. The number of carbonyl (C=O) groups is 1. The fraction of sp³-hybridized carbons (Fsp3) is 0.100. The van der Waals surface area contributed by atoms with Gasteiger partial charge in [0.05, 0.1) is 0 Å². The van der Waals surface area contributed by atoms with Crippen molar-refractivity contribution >= 4 is 12.0 Å². The Balaban J connectivity index is 2.46. The summed E-state index contributed by atoms with van der Waals surface area (Å²) in [6.07, 6.45) is 8.74. The van der Waals surface area contributed by atoms with Gasteiger partial charge in [-0.3, -0.25) is 4.79 Å². The molecule has 1 amide bonds. The van der Waals surface area contributed by atoms with Crippen LogP contribution >= 0.6 is 0 Å². The summed E-state index contributed by atoms with van der Waals surface area (Å²) in [7, 11) is 0. The van der Waals surface area contributed by atoms with Gasteiger partial charge in [-0.1, -0.05) is 24.3 Å². The summed E-state index contributed by atoms with van der Waals surface area (Å²) in [6, 6.07) is 1.78. The molecule has 0 spiro atoms. The van der Waals surface area contributed by atoms with Crippen LogP contribution in [0.4, 0.5) is 0 Å². The van der Waals surface area contributed by atoms with Gasteiger partial charge in [0.15, 0.2) is 0 Å². The lowest BCUT2D eigenvalue weighted by atomic mass is 10.2. The van der Waals surface area contributed by atoms with Crippen molar-refractivity contribution in [3.63, 3.8) is 0 Å². The largest absolute Gasteiger partial charge is 0.364 e. The third-order valence-corrected chi connectivity index (χ3v) is 2.04. The summed E-state index contributed by atoms with van der Waals surface area (Å²) in [5, 5.41) is 0. The van der Waals surface area contributed by atoms with Crippen molar-refractivity contribution < 1.29 is 4.79 Å². The van der Waals surface area contributed by atoms with Gasteiger partial charge in [-0.15, -0.1) is 0 Å². The third-order valence-electron chi connectivity index (χ3n) is 2.04. The molecule has 1 heterocycles. The molecule has 0 aliphatic heterocycles. The van der Waals surface area contributed by atoms with E-state index in [1.807, 2.05) is 24.3 Å². The predicted molar refractivity (Wildman–Crippen MR) is 51.2 cm³/mol. The predicted octanol–water partition coefficient (Wildman–Crippen LogP) is 1.24. The van der Waals surface area contributed by atoms with Crippen molar-refractivity contribution in [2.75, 3.05) is 0 Å². The topological polar surface area (TPSA) is 58.9 Å². The van der Waals surface area contributed by atoms with E-state index in [4.69, 9.17) is 5.73 Å². The van der Waals surface area contributed by atoms with Crippen LogP contribution in [0.15, 0.2) is 24.3 Å². The van der Waals surface area contributed by atoms with Gasteiger partial charge in [0, 0.05) is 12.1 Å². The first-order valence-electron chi connectivity index (χ1n) is 4.12. The molecule has 13 heavy (non-hydrogen) atoms. The summed E-state index contributed by atoms with van der Waals surface area (Å²) >= 11 is 0. The van der Waals surface area contributed by atoms with Crippen molar-refractivity contribution in [2.24, 2.45) is 5.73 Å². The second kappa shape index (κ2) is 2.94. The Kier molecular flexibility index (Phi) is 1.77. The van der Waals surface area contributed by atoms with Gasteiger partial charge in [0.1, 0.15) is 5.69 Å². The van der Waals surface area contributed by atoms with Crippen LogP contribution in [-0.2, 0) is 6.42 Å². The first kappa shape index (κ1) is 7.86. The van der Waals surface area contributed by atoms with Crippen LogP contribution in [0.5, 0.6) is 0 Å². The summed E-state index contributed by atoms with van der Waals surface area (Å²) in [6.45, 7) is 0. The number of hydrogen-bond donors (Lipinski definition) is 2. The summed E-state index contributed by atoms with van der Waals surface area (Å²) in [4.78, 5) is 13.8. The molecule has 0 bridgehead atoms. The fourth-order valence-corrected chi connectivity index (χ4v) is 1.39. The number of nitrogens with two attached hydrogens (primary N) is 1. The molecule has 1 aromatic heterocycles. The lowest BCUT2D eigenvalue weighted by molar-refractivity contribution is 0.0996. The Hall–Kier alpha value is -1.77. The van der Waals surface area contributed by atoms with Crippen molar-refractivity contribution in [1.29, 1.82) is 0 Å². The molecule has 3 N–H and O–H groups in total. The molecule has 0 radical (unpaired) electrons. The van der Waals surface area contributed by atoms with Crippen LogP contribution in [0.25, 0.3) is 6.08 Å². The van der Waals surface area contributed by atoms with Gasteiger partial charge in [-0.2, -0.15) is 0 Å². The molecule has 0 aromatic carbocycles. The Morgan fingerprint density at radius 3 is 3.08 bits per heavy atom. The van der Waals surface area contributed by atoms with Crippen LogP contribution in [0.2, 0.25) is 0 Å². The van der Waals surface area contributed by atoms with Crippen molar-refractivity contribution in [1.82, 2.24) is 4.98 Å². The zero-order valence-corrected chi connectivity index (χ0v) is 7.08. The Bertz CT molecular complexity index is 399. The van der Waals surface area contributed by atoms with Gasteiger partial charge < -0.3 is 10.7 Å². The molecule has 0 unspecified atom stereocenters.